The van der Waals surface area contributed by atoms with E-state index in [-0.39, 0.29) is 6.04 Å². The van der Waals surface area contributed by atoms with Gasteiger partial charge in [0.15, 0.2) is 0 Å². The van der Waals surface area contributed by atoms with Crippen LogP contribution in [0, 0.1) is 0 Å². The van der Waals surface area contributed by atoms with Crippen molar-refractivity contribution in [2.75, 3.05) is 37.6 Å². The Labute approximate surface area is 123 Å². The van der Waals surface area contributed by atoms with Gasteiger partial charge in [0.25, 0.3) is 0 Å². The lowest BCUT2D eigenvalue weighted by molar-refractivity contribution is 0.258. The molecule has 2 N–H and O–H groups in total. The van der Waals surface area contributed by atoms with Gasteiger partial charge in [0.1, 0.15) is 5.82 Å². The van der Waals surface area contributed by atoms with E-state index in [0.717, 1.165) is 44.8 Å². The van der Waals surface area contributed by atoms with E-state index in [1.54, 1.807) is 0 Å². The predicted molar refractivity (Wildman–Crippen MR) is 85.2 cm³/mol. The molecule has 1 atom stereocenters. The third-order valence-corrected chi connectivity index (χ3v) is 4.07. The molecule has 4 heteroatoms. The molecule has 0 aliphatic carbocycles. The van der Waals surface area contributed by atoms with Crippen molar-refractivity contribution in [2.45, 2.75) is 39.2 Å². The summed E-state index contributed by atoms with van der Waals surface area (Å²) in [4.78, 5) is 9.53. The molecule has 112 valence electrons. The summed E-state index contributed by atoms with van der Waals surface area (Å²) in [6.07, 6.45) is 5.17. The first-order valence-corrected chi connectivity index (χ1v) is 7.90. The van der Waals surface area contributed by atoms with Gasteiger partial charge in [-0.3, -0.25) is 4.90 Å². The van der Waals surface area contributed by atoms with Gasteiger partial charge in [-0.2, -0.15) is 0 Å². The normalized spacial score (nSPS) is 18.2. The number of pyridine rings is 1. The Kier molecular flexibility index (Phi) is 5.80. The molecule has 1 unspecified atom stereocenters. The Morgan fingerprint density at radius 2 is 1.95 bits per heavy atom. The highest BCUT2D eigenvalue weighted by Crippen LogP contribution is 2.15. The van der Waals surface area contributed by atoms with E-state index in [2.05, 4.69) is 40.8 Å². The van der Waals surface area contributed by atoms with Crippen LogP contribution in [0.15, 0.2) is 18.3 Å². The second-order valence-electron chi connectivity index (χ2n) is 5.73. The number of rotatable bonds is 6. The lowest BCUT2D eigenvalue weighted by Crippen LogP contribution is -2.46. The number of anilines is 1. The monoisotopic (exact) mass is 276 g/mol. The second kappa shape index (κ2) is 7.60. The Bertz CT molecular complexity index is 382. The minimum absolute atomic E-state index is 0.250. The molecule has 1 aromatic rings. The van der Waals surface area contributed by atoms with Crippen molar-refractivity contribution in [2.24, 2.45) is 5.73 Å². The zero-order valence-electron chi connectivity index (χ0n) is 12.9. The molecule has 0 amide bonds. The van der Waals surface area contributed by atoms with Crippen molar-refractivity contribution in [3.05, 3.63) is 23.9 Å². The van der Waals surface area contributed by atoms with Gasteiger partial charge in [-0.25, -0.2) is 4.98 Å². The van der Waals surface area contributed by atoms with Gasteiger partial charge in [0.05, 0.1) is 0 Å². The molecular weight excluding hydrogens is 248 g/mol. The van der Waals surface area contributed by atoms with Crippen LogP contribution in [0.25, 0.3) is 0 Å². The van der Waals surface area contributed by atoms with Crippen LogP contribution in [0.4, 0.5) is 5.82 Å². The van der Waals surface area contributed by atoms with Gasteiger partial charge in [-0.1, -0.05) is 19.9 Å². The lowest BCUT2D eigenvalue weighted by atomic mass is 10.1. The average molecular weight is 276 g/mol. The predicted octanol–water partition coefficient (Wildman–Crippen LogP) is 1.89. The molecule has 4 nitrogen and oxygen atoms in total. The maximum atomic E-state index is 5.99. The molecule has 0 aromatic carbocycles. The Hall–Kier alpha value is -1.13. The molecule has 1 aliphatic rings. The van der Waals surface area contributed by atoms with E-state index < -0.39 is 0 Å². The van der Waals surface area contributed by atoms with Crippen LogP contribution in [0.2, 0.25) is 0 Å². The number of piperazine rings is 1. The van der Waals surface area contributed by atoms with E-state index in [0.29, 0.717) is 0 Å². The van der Waals surface area contributed by atoms with Crippen molar-refractivity contribution >= 4 is 5.82 Å². The number of hydrogen-bond acceptors (Lipinski definition) is 4. The smallest absolute Gasteiger partial charge is 0.128 e. The Balaban J connectivity index is 1.87. The van der Waals surface area contributed by atoms with Gasteiger partial charge in [0, 0.05) is 38.4 Å². The van der Waals surface area contributed by atoms with Gasteiger partial charge in [-0.05, 0) is 37.4 Å². The summed E-state index contributed by atoms with van der Waals surface area (Å²) in [5, 5.41) is 0. The summed E-state index contributed by atoms with van der Waals surface area (Å²) < 4.78 is 0. The standard InChI is InChI=1S/C16H28N4/c1-3-7-19-8-10-20(11-9-19)16-6-5-14(13-18-16)12-15(17)4-2/h5-6,13,15H,3-4,7-12,17H2,1-2H3. The van der Waals surface area contributed by atoms with Crippen molar-refractivity contribution in [3.63, 3.8) is 0 Å². The summed E-state index contributed by atoms with van der Waals surface area (Å²) in [7, 11) is 0. The Morgan fingerprint density at radius 1 is 1.20 bits per heavy atom. The molecule has 2 rings (SSSR count). The van der Waals surface area contributed by atoms with Crippen molar-refractivity contribution < 1.29 is 0 Å². The van der Waals surface area contributed by atoms with E-state index in [1.165, 1.54) is 18.5 Å². The van der Waals surface area contributed by atoms with Crippen LogP contribution in [0.1, 0.15) is 32.3 Å². The van der Waals surface area contributed by atoms with Crippen LogP contribution in [0.3, 0.4) is 0 Å². The largest absolute Gasteiger partial charge is 0.354 e. The molecule has 20 heavy (non-hydrogen) atoms. The lowest BCUT2D eigenvalue weighted by Gasteiger charge is -2.35. The van der Waals surface area contributed by atoms with Crippen LogP contribution >= 0.6 is 0 Å². The maximum Gasteiger partial charge on any atom is 0.128 e. The van der Waals surface area contributed by atoms with Gasteiger partial charge < -0.3 is 10.6 Å². The molecule has 1 saturated heterocycles. The second-order valence-corrected chi connectivity index (χ2v) is 5.73. The number of nitrogens with two attached hydrogens (primary N) is 1. The molecule has 0 bridgehead atoms. The number of hydrogen-bond donors (Lipinski definition) is 1. The number of nitrogens with zero attached hydrogens (tertiary/aromatic N) is 3. The van der Waals surface area contributed by atoms with Crippen LogP contribution in [-0.2, 0) is 6.42 Å². The highest BCUT2D eigenvalue weighted by Gasteiger charge is 2.17. The highest BCUT2D eigenvalue weighted by atomic mass is 15.3. The topological polar surface area (TPSA) is 45.4 Å². The fraction of sp³-hybridized carbons (Fsp3) is 0.688. The van der Waals surface area contributed by atoms with E-state index in [9.17, 15) is 0 Å². The fourth-order valence-corrected chi connectivity index (χ4v) is 2.69. The molecule has 0 radical (unpaired) electrons. The first-order chi connectivity index (χ1) is 9.72. The molecule has 2 heterocycles. The number of aromatic nitrogens is 1. The van der Waals surface area contributed by atoms with Crippen molar-refractivity contribution in [1.82, 2.24) is 9.88 Å². The molecule has 1 aliphatic heterocycles. The van der Waals surface area contributed by atoms with Crippen LogP contribution < -0.4 is 10.6 Å². The highest BCUT2D eigenvalue weighted by molar-refractivity contribution is 5.40. The van der Waals surface area contributed by atoms with E-state index in [1.807, 2.05) is 6.20 Å². The van der Waals surface area contributed by atoms with Crippen molar-refractivity contribution in [3.8, 4) is 0 Å². The van der Waals surface area contributed by atoms with E-state index >= 15 is 0 Å². The molecule has 0 spiro atoms. The third kappa shape index (κ3) is 4.18. The first-order valence-electron chi connectivity index (χ1n) is 7.90. The quantitative estimate of drug-likeness (QED) is 0.862. The van der Waals surface area contributed by atoms with Gasteiger partial charge >= 0.3 is 0 Å². The maximum absolute atomic E-state index is 5.99. The van der Waals surface area contributed by atoms with Gasteiger partial charge in [-0.15, -0.1) is 0 Å². The Morgan fingerprint density at radius 3 is 2.50 bits per heavy atom. The van der Waals surface area contributed by atoms with Crippen LogP contribution in [-0.4, -0.2) is 48.6 Å². The zero-order chi connectivity index (χ0) is 14.4. The minimum Gasteiger partial charge on any atom is -0.354 e. The summed E-state index contributed by atoms with van der Waals surface area (Å²) >= 11 is 0. The third-order valence-electron chi connectivity index (χ3n) is 4.07. The van der Waals surface area contributed by atoms with Crippen LogP contribution in [0.5, 0.6) is 0 Å². The van der Waals surface area contributed by atoms with E-state index in [4.69, 9.17) is 5.73 Å². The minimum atomic E-state index is 0.250. The molecular formula is C16H28N4. The molecule has 0 saturated carbocycles. The fourth-order valence-electron chi connectivity index (χ4n) is 2.69. The van der Waals surface area contributed by atoms with Crippen molar-refractivity contribution in [1.29, 1.82) is 0 Å². The summed E-state index contributed by atoms with van der Waals surface area (Å²) in [5.74, 6) is 1.11. The zero-order valence-corrected chi connectivity index (χ0v) is 12.9. The van der Waals surface area contributed by atoms with Gasteiger partial charge in [0.2, 0.25) is 0 Å². The summed E-state index contributed by atoms with van der Waals surface area (Å²) in [6.45, 7) is 10.1. The average Bonchev–Trinajstić information content (AvgIpc) is 2.49. The first kappa shape index (κ1) is 15.3. The molecule has 1 fully saturated rings. The summed E-state index contributed by atoms with van der Waals surface area (Å²) in [6, 6.07) is 4.57. The molecule has 1 aromatic heterocycles. The summed E-state index contributed by atoms with van der Waals surface area (Å²) in [5.41, 5.74) is 7.23. The SMILES string of the molecule is CCCN1CCN(c2ccc(CC(N)CC)cn2)CC1.